The summed E-state index contributed by atoms with van der Waals surface area (Å²) in [5, 5.41) is 13.0. The molecule has 0 unspecified atom stereocenters. The van der Waals surface area contributed by atoms with Crippen molar-refractivity contribution in [1.29, 1.82) is 0 Å². The summed E-state index contributed by atoms with van der Waals surface area (Å²) in [7, 11) is 0. The van der Waals surface area contributed by atoms with Gasteiger partial charge in [0.1, 0.15) is 29.5 Å². The SMILES string of the molecule is C[C@H]1CCCC(=O)CCC/C=C/c2cc(OCc3ccc4ccccc4c3)cc(O)c2C(=O)O1. The van der Waals surface area contributed by atoms with E-state index in [0.717, 1.165) is 22.8 Å². The first-order chi connectivity index (χ1) is 16.5. The maximum atomic E-state index is 12.9. The van der Waals surface area contributed by atoms with Crippen molar-refractivity contribution >= 4 is 28.6 Å². The van der Waals surface area contributed by atoms with Gasteiger partial charge in [-0.1, -0.05) is 48.6 Å². The third-order valence-corrected chi connectivity index (χ3v) is 6.04. The van der Waals surface area contributed by atoms with E-state index in [4.69, 9.17) is 9.47 Å². The molecule has 0 spiro atoms. The summed E-state index contributed by atoms with van der Waals surface area (Å²) in [5.74, 6) is -0.0399. The van der Waals surface area contributed by atoms with Crippen LogP contribution in [0.3, 0.4) is 0 Å². The Morgan fingerprint density at radius 1 is 1.00 bits per heavy atom. The molecule has 0 saturated carbocycles. The Morgan fingerprint density at radius 3 is 2.65 bits per heavy atom. The molecule has 0 radical (unpaired) electrons. The Balaban J connectivity index is 1.57. The predicted molar refractivity (Wildman–Crippen MR) is 133 cm³/mol. The zero-order chi connectivity index (χ0) is 23.9. The number of allylic oxidation sites excluding steroid dienone is 1. The lowest BCUT2D eigenvalue weighted by Crippen LogP contribution is -2.17. The van der Waals surface area contributed by atoms with E-state index in [1.54, 1.807) is 12.1 Å². The highest BCUT2D eigenvalue weighted by molar-refractivity contribution is 5.97. The minimum absolute atomic E-state index is 0.134. The quantitative estimate of drug-likeness (QED) is 0.447. The van der Waals surface area contributed by atoms with E-state index < -0.39 is 5.97 Å². The van der Waals surface area contributed by atoms with Crippen molar-refractivity contribution in [2.24, 2.45) is 0 Å². The summed E-state index contributed by atoms with van der Waals surface area (Å²) in [6, 6.07) is 17.5. The zero-order valence-corrected chi connectivity index (χ0v) is 19.5. The van der Waals surface area contributed by atoms with Crippen LogP contribution in [-0.2, 0) is 16.1 Å². The van der Waals surface area contributed by atoms with Crippen LogP contribution in [0.1, 0.15) is 66.9 Å². The van der Waals surface area contributed by atoms with Gasteiger partial charge in [-0.3, -0.25) is 4.79 Å². The van der Waals surface area contributed by atoms with E-state index in [1.807, 2.05) is 31.2 Å². The second-order valence-corrected chi connectivity index (χ2v) is 8.82. The Bertz CT molecular complexity index is 1210. The Morgan fingerprint density at radius 2 is 1.79 bits per heavy atom. The highest BCUT2D eigenvalue weighted by atomic mass is 16.5. The van der Waals surface area contributed by atoms with Crippen LogP contribution in [-0.4, -0.2) is 23.0 Å². The predicted octanol–water partition coefficient (Wildman–Crippen LogP) is 6.61. The molecule has 1 atom stereocenters. The van der Waals surface area contributed by atoms with Crippen molar-refractivity contribution in [3.8, 4) is 11.5 Å². The van der Waals surface area contributed by atoms with E-state index in [0.29, 0.717) is 50.0 Å². The topological polar surface area (TPSA) is 72.8 Å². The van der Waals surface area contributed by atoms with Crippen molar-refractivity contribution in [2.75, 3.05) is 0 Å². The van der Waals surface area contributed by atoms with Crippen molar-refractivity contribution in [3.63, 3.8) is 0 Å². The molecule has 1 heterocycles. The minimum Gasteiger partial charge on any atom is -0.507 e. The summed E-state index contributed by atoms with van der Waals surface area (Å²) in [4.78, 5) is 24.9. The van der Waals surface area contributed by atoms with Gasteiger partial charge in [-0.15, -0.1) is 0 Å². The molecule has 0 bridgehead atoms. The number of hydrogen-bond acceptors (Lipinski definition) is 5. The van der Waals surface area contributed by atoms with Crippen LogP contribution in [0.15, 0.2) is 60.7 Å². The molecule has 176 valence electrons. The van der Waals surface area contributed by atoms with Gasteiger partial charge >= 0.3 is 5.97 Å². The lowest BCUT2D eigenvalue weighted by molar-refractivity contribution is -0.119. The van der Waals surface area contributed by atoms with Crippen LogP contribution in [0.25, 0.3) is 16.8 Å². The summed E-state index contributed by atoms with van der Waals surface area (Å²) < 4.78 is 11.5. The molecule has 0 amide bonds. The monoisotopic (exact) mass is 458 g/mol. The van der Waals surface area contributed by atoms with Crippen molar-refractivity contribution < 1.29 is 24.2 Å². The van der Waals surface area contributed by atoms with Crippen LogP contribution in [0.2, 0.25) is 0 Å². The fourth-order valence-corrected chi connectivity index (χ4v) is 4.19. The third kappa shape index (κ3) is 6.04. The molecule has 3 aromatic rings. The molecule has 0 aliphatic carbocycles. The number of fused-ring (bicyclic) bond motifs is 2. The second-order valence-electron chi connectivity index (χ2n) is 8.82. The Hall–Kier alpha value is -3.60. The number of hydrogen-bond donors (Lipinski definition) is 1. The fourth-order valence-electron chi connectivity index (χ4n) is 4.19. The fraction of sp³-hybridized carbons (Fsp3) is 0.310. The van der Waals surface area contributed by atoms with Crippen LogP contribution < -0.4 is 4.74 Å². The van der Waals surface area contributed by atoms with E-state index in [2.05, 4.69) is 24.3 Å². The number of ether oxygens (including phenoxy) is 2. The summed E-state index contributed by atoms with van der Waals surface area (Å²) in [6.45, 7) is 2.14. The normalized spacial score (nSPS) is 18.6. The first-order valence-electron chi connectivity index (χ1n) is 11.9. The van der Waals surface area contributed by atoms with Gasteiger partial charge in [-0.25, -0.2) is 4.79 Å². The van der Waals surface area contributed by atoms with Gasteiger partial charge in [0.05, 0.1) is 6.10 Å². The molecule has 1 aliphatic heterocycles. The first kappa shape index (κ1) is 23.6. The Kier molecular flexibility index (Phi) is 7.63. The number of esters is 1. The Labute approximate surface area is 200 Å². The van der Waals surface area contributed by atoms with Gasteiger partial charge < -0.3 is 14.6 Å². The van der Waals surface area contributed by atoms with Gasteiger partial charge in [0.25, 0.3) is 0 Å². The summed E-state index contributed by atoms with van der Waals surface area (Å²) >= 11 is 0. The number of aromatic hydroxyl groups is 1. The lowest BCUT2D eigenvalue weighted by atomic mass is 10.0. The number of phenols is 1. The van der Waals surface area contributed by atoms with Gasteiger partial charge in [0.15, 0.2) is 0 Å². The molecule has 3 aromatic carbocycles. The molecule has 34 heavy (non-hydrogen) atoms. The van der Waals surface area contributed by atoms with Crippen molar-refractivity contribution in [3.05, 3.63) is 77.4 Å². The number of ketones is 1. The molecule has 5 nitrogen and oxygen atoms in total. The van der Waals surface area contributed by atoms with Gasteiger partial charge in [0, 0.05) is 18.9 Å². The standard InChI is InChI=1S/C29H30O5/c1-20-8-7-13-25(30)12-4-2-3-11-24-17-26(18-27(31)28(24)29(32)34-20)33-19-21-14-15-22-9-5-6-10-23(22)16-21/h3,5-6,9-11,14-18,20,31H,2,4,7-8,12-13,19H2,1H3/b11-3+/t20-/m0/s1. The largest absolute Gasteiger partial charge is 0.507 e. The summed E-state index contributed by atoms with van der Waals surface area (Å²) in [5.41, 5.74) is 1.68. The molecule has 0 saturated heterocycles. The summed E-state index contributed by atoms with van der Waals surface area (Å²) in [6.07, 6.45) is 7.18. The van der Waals surface area contributed by atoms with E-state index in [-0.39, 0.29) is 23.2 Å². The highest BCUT2D eigenvalue weighted by Crippen LogP contribution is 2.31. The number of carbonyl (C=O) groups is 2. The first-order valence-corrected chi connectivity index (χ1v) is 11.9. The lowest BCUT2D eigenvalue weighted by Gasteiger charge is -2.16. The molecular formula is C29H30O5. The molecular weight excluding hydrogens is 428 g/mol. The van der Waals surface area contributed by atoms with Gasteiger partial charge in [0.2, 0.25) is 0 Å². The molecule has 1 aliphatic rings. The highest BCUT2D eigenvalue weighted by Gasteiger charge is 2.21. The van der Waals surface area contributed by atoms with Crippen LogP contribution in [0.5, 0.6) is 11.5 Å². The van der Waals surface area contributed by atoms with E-state index >= 15 is 0 Å². The average molecular weight is 459 g/mol. The van der Waals surface area contributed by atoms with E-state index in [9.17, 15) is 14.7 Å². The molecule has 1 N–H and O–H groups in total. The minimum atomic E-state index is -0.575. The number of phenolic OH excluding ortho intramolecular Hbond substituents is 1. The second kappa shape index (κ2) is 11.0. The number of Topliss-reactive ketones (excluding diaryl/α,β-unsaturated/α-hetero) is 1. The maximum Gasteiger partial charge on any atom is 0.342 e. The number of benzene rings is 3. The van der Waals surface area contributed by atoms with Crippen molar-refractivity contribution in [2.45, 2.75) is 58.2 Å². The average Bonchev–Trinajstić information content (AvgIpc) is 2.81. The maximum absolute atomic E-state index is 12.9. The zero-order valence-electron chi connectivity index (χ0n) is 19.5. The van der Waals surface area contributed by atoms with Crippen molar-refractivity contribution in [1.82, 2.24) is 0 Å². The van der Waals surface area contributed by atoms with Crippen LogP contribution in [0, 0.1) is 0 Å². The smallest absolute Gasteiger partial charge is 0.342 e. The molecule has 0 aromatic heterocycles. The van der Waals surface area contributed by atoms with Crippen LogP contribution >= 0.6 is 0 Å². The number of carbonyl (C=O) groups excluding carboxylic acids is 2. The molecule has 5 heteroatoms. The van der Waals surface area contributed by atoms with Crippen LogP contribution in [0.4, 0.5) is 0 Å². The third-order valence-electron chi connectivity index (χ3n) is 6.04. The van der Waals surface area contributed by atoms with Gasteiger partial charge in [-0.2, -0.15) is 0 Å². The number of rotatable bonds is 3. The molecule has 4 rings (SSSR count). The van der Waals surface area contributed by atoms with Gasteiger partial charge in [-0.05, 0) is 66.6 Å². The molecule has 0 fully saturated rings. The number of cyclic esters (lactones) is 1. The van der Waals surface area contributed by atoms with E-state index in [1.165, 1.54) is 6.07 Å².